The van der Waals surface area contributed by atoms with Gasteiger partial charge in [0.05, 0.1) is 6.61 Å². The fraction of sp³-hybridized carbons (Fsp3) is 1.00. The van der Waals surface area contributed by atoms with Gasteiger partial charge < -0.3 is 15.4 Å². The second-order valence-electron chi connectivity index (χ2n) is 6.46. The van der Waals surface area contributed by atoms with Gasteiger partial charge in [-0.15, -0.1) is 0 Å². The molecule has 1 unspecified atom stereocenters. The second kappa shape index (κ2) is 4.63. The van der Waals surface area contributed by atoms with Crippen LogP contribution in [0.1, 0.15) is 39.5 Å². The highest BCUT2D eigenvalue weighted by Gasteiger charge is 2.37. The van der Waals surface area contributed by atoms with Crippen LogP contribution in [0.5, 0.6) is 0 Å². The first-order chi connectivity index (χ1) is 7.49. The minimum absolute atomic E-state index is 0.0753. The van der Waals surface area contributed by atoms with Gasteiger partial charge in [-0.2, -0.15) is 0 Å². The molecule has 1 atom stereocenters. The lowest BCUT2D eigenvalue weighted by molar-refractivity contribution is -0.0514. The zero-order valence-corrected chi connectivity index (χ0v) is 10.8. The van der Waals surface area contributed by atoms with Crippen LogP contribution in [0.4, 0.5) is 0 Å². The van der Waals surface area contributed by atoms with Crippen LogP contribution in [0, 0.1) is 5.41 Å². The average molecular weight is 226 g/mol. The van der Waals surface area contributed by atoms with E-state index in [1.54, 1.807) is 0 Å². The van der Waals surface area contributed by atoms with Crippen LogP contribution in [0.25, 0.3) is 0 Å². The number of hydrogen-bond acceptors (Lipinski definition) is 3. The molecule has 0 aromatic carbocycles. The minimum atomic E-state index is -0.0753. The lowest BCUT2D eigenvalue weighted by atomic mass is 9.75. The summed E-state index contributed by atoms with van der Waals surface area (Å²) in [7, 11) is 0. The average Bonchev–Trinajstić information content (AvgIpc) is 2.16. The van der Waals surface area contributed by atoms with E-state index in [1.807, 2.05) is 0 Å². The Morgan fingerprint density at radius 3 is 2.69 bits per heavy atom. The molecule has 0 amide bonds. The molecule has 0 bridgehead atoms. The molecular weight excluding hydrogens is 200 g/mol. The van der Waals surface area contributed by atoms with Crippen molar-refractivity contribution in [3.63, 3.8) is 0 Å². The predicted molar refractivity (Wildman–Crippen MR) is 66.4 cm³/mol. The van der Waals surface area contributed by atoms with Gasteiger partial charge in [0.1, 0.15) is 0 Å². The van der Waals surface area contributed by atoms with Crippen LogP contribution >= 0.6 is 0 Å². The molecular formula is C13H26N2O. The van der Waals surface area contributed by atoms with E-state index in [1.165, 1.54) is 38.8 Å². The Morgan fingerprint density at radius 1 is 1.31 bits per heavy atom. The monoisotopic (exact) mass is 226 g/mol. The first-order valence-electron chi connectivity index (χ1n) is 6.58. The molecule has 0 radical (unpaired) electrons. The third kappa shape index (κ3) is 3.19. The highest BCUT2D eigenvalue weighted by atomic mass is 16.5. The van der Waals surface area contributed by atoms with Crippen LogP contribution in [0.3, 0.4) is 0 Å². The molecule has 94 valence electrons. The van der Waals surface area contributed by atoms with Crippen molar-refractivity contribution in [3.05, 3.63) is 0 Å². The number of ether oxygens (including phenoxy) is 1. The van der Waals surface area contributed by atoms with Crippen molar-refractivity contribution in [3.8, 4) is 0 Å². The highest BCUT2D eigenvalue weighted by Crippen LogP contribution is 2.37. The molecule has 1 spiro atoms. The van der Waals surface area contributed by atoms with Crippen LogP contribution in [0.15, 0.2) is 0 Å². The molecule has 0 aliphatic carbocycles. The highest BCUT2D eigenvalue weighted by molar-refractivity contribution is 4.91. The van der Waals surface area contributed by atoms with Crippen molar-refractivity contribution in [2.45, 2.75) is 45.1 Å². The Balaban J connectivity index is 1.92. The van der Waals surface area contributed by atoms with Crippen molar-refractivity contribution in [2.24, 2.45) is 11.1 Å². The molecule has 3 nitrogen and oxygen atoms in total. The van der Waals surface area contributed by atoms with E-state index in [0.717, 1.165) is 19.8 Å². The van der Waals surface area contributed by atoms with Crippen molar-refractivity contribution < 1.29 is 4.74 Å². The molecule has 0 aromatic heterocycles. The largest absolute Gasteiger partial charge is 0.381 e. The predicted octanol–water partition coefficient (Wildman–Crippen LogP) is 1.62. The van der Waals surface area contributed by atoms with Crippen molar-refractivity contribution >= 4 is 0 Å². The summed E-state index contributed by atoms with van der Waals surface area (Å²) >= 11 is 0. The second-order valence-corrected chi connectivity index (χ2v) is 6.46. The third-order valence-electron chi connectivity index (χ3n) is 3.78. The summed E-state index contributed by atoms with van der Waals surface area (Å²) in [4.78, 5) is 2.54. The summed E-state index contributed by atoms with van der Waals surface area (Å²) in [6.07, 6.45) is 5.22. The standard InChI is InChI=1S/C13H26N2O/c1-12(2,14)9-15-7-3-5-13(10-15)6-4-8-16-11-13/h3-11,14H2,1-2H3. The molecule has 0 aromatic rings. The maximum Gasteiger partial charge on any atom is 0.0534 e. The quantitative estimate of drug-likeness (QED) is 0.777. The van der Waals surface area contributed by atoms with Crippen LogP contribution in [-0.4, -0.2) is 43.3 Å². The van der Waals surface area contributed by atoms with Gasteiger partial charge in [0.25, 0.3) is 0 Å². The number of hydrogen-bond donors (Lipinski definition) is 1. The molecule has 16 heavy (non-hydrogen) atoms. The Kier molecular flexibility index (Phi) is 3.57. The number of rotatable bonds is 2. The van der Waals surface area contributed by atoms with Gasteiger partial charge in [-0.1, -0.05) is 0 Å². The molecule has 2 heterocycles. The number of piperidine rings is 1. The summed E-state index contributed by atoms with van der Waals surface area (Å²) < 4.78 is 5.68. The number of nitrogens with zero attached hydrogens (tertiary/aromatic N) is 1. The van der Waals surface area contributed by atoms with E-state index in [4.69, 9.17) is 10.5 Å². The zero-order chi connectivity index (χ0) is 11.6. The normalized spacial score (nSPS) is 33.2. The molecule has 3 heteroatoms. The molecule has 2 fully saturated rings. The van der Waals surface area contributed by atoms with Crippen LogP contribution < -0.4 is 5.73 Å². The van der Waals surface area contributed by atoms with E-state index < -0.39 is 0 Å². The fourth-order valence-electron chi connectivity index (χ4n) is 3.25. The van der Waals surface area contributed by atoms with Crippen LogP contribution in [0.2, 0.25) is 0 Å². The van der Waals surface area contributed by atoms with E-state index in [-0.39, 0.29) is 5.54 Å². The topological polar surface area (TPSA) is 38.5 Å². The van der Waals surface area contributed by atoms with Gasteiger partial charge in [-0.25, -0.2) is 0 Å². The van der Waals surface area contributed by atoms with Gasteiger partial charge in [0.15, 0.2) is 0 Å². The summed E-state index contributed by atoms with van der Waals surface area (Å²) in [5, 5.41) is 0. The van der Waals surface area contributed by atoms with Gasteiger partial charge in [0.2, 0.25) is 0 Å². The summed E-state index contributed by atoms with van der Waals surface area (Å²) in [6, 6.07) is 0. The van der Waals surface area contributed by atoms with E-state index in [9.17, 15) is 0 Å². The first-order valence-corrected chi connectivity index (χ1v) is 6.58. The lowest BCUT2D eigenvalue weighted by Gasteiger charge is -2.46. The third-order valence-corrected chi connectivity index (χ3v) is 3.78. The molecule has 0 saturated carbocycles. The van der Waals surface area contributed by atoms with Crippen molar-refractivity contribution in [1.29, 1.82) is 0 Å². The van der Waals surface area contributed by atoms with Gasteiger partial charge in [-0.3, -0.25) is 0 Å². The molecule has 2 N–H and O–H groups in total. The maximum absolute atomic E-state index is 6.11. The molecule has 2 aliphatic heterocycles. The van der Waals surface area contributed by atoms with E-state index >= 15 is 0 Å². The zero-order valence-electron chi connectivity index (χ0n) is 10.8. The minimum Gasteiger partial charge on any atom is -0.381 e. The number of likely N-dealkylation sites (tertiary alicyclic amines) is 1. The lowest BCUT2D eigenvalue weighted by Crippen LogP contribution is -2.53. The van der Waals surface area contributed by atoms with Crippen LogP contribution in [-0.2, 0) is 4.74 Å². The fourth-order valence-corrected chi connectivity index (χ4v) is 3.25. The van der Waals surface area contributed by atoms with Crippen molar-refractivity contribution in [1.82, 2.24) is 4.90 Å². The Bertz CT molecular complexity index is 223. The molecule has 2 aliphatic rings. The summed E-state index contributed by atoms with van der Waals surface area (Å²) in [5.41, 5.74) is 6.48. The first kappa shape index (κ1) is 12.3. The summed E-state index contributed by atoms with van der Waals surface area (Å²) in [5.74, 6) is 0. The SMILES string of the molecule is CC(C)(N)CN1CCCC2(CCCOC2)C1. The van der Waals surface area contributed by atoms with Crippen molar-refractivity contribution in [2.75, 3.05) is 32.8 Å². The Morgan fingerprint density at radius 2 is 2.06 bits per heavy atom. The smallest absolute Gasteiger partial charge is 0.0534 e. The van der Waals surface area contributed by atoms with Gasteiger partial charge in [0, 0.05) is 30.7 Å². The summed E-state index contributed by atoms with van der Waals surface area (Å²) in [6.45, 7) is 9.57. The van der Waals surface area contributed by atoms with Gasteiger partial charge >= 0.3 is 0 Å². The number of nitrogens with two attached hydrogens (primary N) is 1. The van der Waals surface area contributed by atoms with Gasteiger partial charge in [-0.05, 0) is 46.1 Å². The molecule has 2 saturated heterocycles. The van der Waals surface area contributed by atoms with E-state index in [2.05, 4.69) is 18.7 Å². The Labute approximate surface area is 99.3 Å². The molecule has 2 rings (SSSR count). The van der Waals surface area contributed by atoms with E-state index in [0.29, 0.717) is 5.41 Å². The Hall–Kier alpha value is -0.120. The maximum atomic E-state index is 6.11.